The largest absolute Gasteiger partial charge is 0.353 e. The number of carbonyl (C=O) groups excluding carboxylic acids is 1. The molecule has 0 atom stereocenters. The molecule has 0 saturated carbocycles. The van der Waals surface area contributed by atoms with Crippen molar-refractivity contribution >= 4 is 45.6 Å². The number of halogens is 1. The number of hydrogen-bond donors (Lipinski definition) is 1. The van der Waals surface area contributed by atoms with Crippen LogP contribution in [0, 0.1) is 0 Å². The van der Waals surface area contributed by atoms with E-state index in [1.165, 1.54) is 16.9 Å². The summed E-state index contributed by atoms with van der Waals surface area (Å²) in [6.07, 6.45) is 0. The number of anilines is 1. The zero-order valence-electron chi connectivity index (χ0n) is 12.6. The highest BCUT2D eigenvalue weighted by atomic mass is 35.5. The summed E-state index contributed by atoms with van der Waals surface area (Å²) in [7, 11) is 0. The Bertz CT molecular complexity index is 806. The first-order valence-electron chi connectivity index (χ1n) is 7.23. The van der Waals surface area contributed by atoms with Crippen molar-refractivity contribution in [1.82, 2.24) is 10.2 Å². The summed E-state index contributed by atoms with van der Waals surface area (Å²) < 4.78 is 0.875. The summed E-state index contributed by atoms with van der Waals surface area (Å²) in [5, 5.41) is 12.5. The van der Waals surface area contributed by atoms with Gasteiger partial charge in [-0.1, -0.05) is 65.0 Å². The van der Waals surface area contributed by atoms with Gasteiger partial charge < -0.3 is 5.32 Å². The first-order chi connectivity index (χ1) is 11.7. The second kappa shape index (κ2) is 8.28. The highest BCUT2D eigenvalue weighted by molar-refractivity contribution is 8.00. The number of nitrogens with zero attached hydrogens (tertiary/aromatic N) is 2. The van der Waals surface area contributed by atoms with Crippen molar-refractivity contribution in [1.29, 1.82) is 0 Å². The van der Waals surface area contributed by atoms with Crippen LogP contribution >= 0.6 is 34.7 Å². The highest BCUT2D eigenvalue weighted by Gasteiger charge is 2.09. The Kier molecular flexibility index (Phi) is 5.85. The van der Waals surface area contributed by atoms with E-state index in [4.69, 9.17) is 11.6 Å². The van der Waals surface area contributed by atoms with Gasteiger partial charge in [-0.15, -0.1) is 10.2 Å². The van der Waals surface area contributed by atoms with Gasteiger partial charge >= 0.3 is 0 Å². The molecule has 0 bridgehead atoms. The standard InChI is InChI=1S/C17H14ClN3OS2/c18-14-8-6-13(7-9-14)15(22)10-19-16-20-21-17(24-16)23-11-12-4-2-1-3-5-12/h1-9H,10-11H2,(H,19,20). The molecule has 0 fully saturated rings. The van der Waals surface area contributed by atoms with Gasteiger partial charge in [-0.3, -0.25) is 4.79 Å². The lowest BCUT2D eigenvalue weighted by atomic mass is 10.1. The molecule has 3 rings (SSSR count). The van der Waals surface area contributed by atoms with Crippen LogP contribution in [0.5, 0.6) is 0 Å². The van der Waals surface area contributed by atoms with E-state index in [2.05, 4.69) is 27.6 Å². The summed E-state index contributed by atoms with van der Waals surface area (Å²) in [5.74, 6) is 0.833. The molecule has 1 N–H and O–H groups in total. The molecular weight excluding hydrogens is 362 g/mol. The van der Waals surface area contributed by atoms with E-state index < -0.39 is 0 Å². The minimum atomic E-state index is -0.0136. The third-order valence-corrected chi connectivity index (χ3v) is 5.52. The predicted octanol–water partition coefficient (Wildman–Crippen LogP) is 4.78. The maximum atomic E-state index is 12.1. The van der Waals surface area contributed by atoms with Crippen molar-refractivity contribution < 1.29 is 4.79 Å². The summed E-state index contributed by atoms with van der Waals surface area (Å²) >= 11 is 8.90. The van der Waals surface area contributed by atoms with E-state index >= 15 is 0 Å². The summed E-state index contributed by atoms with van der Waals surface area (Å²) in [4.78, 5) is 12.1. The average molecular weight is 376 g/mol. The monoisotopic (exact) mass is 375 g/mol. The number of hydrogen-bond acceptors (Lipinski definition) is 6. The van der Waals surface area contributed by atoms with Crippen molar-refractivity contribution in [3.05, 3.63) is 70.7 Å². The van der Waals surface area contributed by atoms with Crippen molar-refractivity contribution in [2.75, 3.05) is 11.9 Å². The average Bonchev–Trinajstić information content (AvgIpc) is 3.07. The van der Waals surface area contributed by atoms with Crippen LogP contribution in [0.25, 0.3) is 0 Å². The first kappa shape index (κ1) is 17.0. The van der Waals surface area contributed by atoms with E-state index in [1.54, 1.807) is 36.0 Å². The van der Waals surface area contributed by atoms with Gasteiger partial charge in [0, 0.05) is 16.3 Å². The topological polar surface area (TPSA) is 54.9 Å². The fourth-order valence-corrected chi connectivity index (χ4v) is 3.78. The van der Waals surface area contributed by atoms with Crippen molar-refractivity contribution in [2.24, 2.45) is 0 Å². The van der Waals surface area contributed by atoms with Crippen LogP contribution in [0.15, 0.2) is 58.9 Å². The molecule has 122 valence electrons. The molecule has 3 aromatic rings. The normalized spacial score (nSPS) is 10.5. The Morgan fingerprint density at radius 1 is 1.08 bits per heavy atom. The predicted molar refractivity (Wildman–Crippen MR) is 100 cm³/mol. The van der Waals surface area contributed by atoms with Crippen molar-refractivity contribution in [2.45, 2.75) is 10.1 Å². The Morgan fingerprint density at radius 2 is 1.83 bits per heavy atom. The van der Waals surface area contributed by atoms with Gasteiger partial charge in [-0.2, -0.15) is 0 Å². The van der Waals surface area contributed by atoms with Gasteiger partial charge in [-0.25, -0.2) is 0 Å². The molecule has 2 aromatic carbocycles. The Morgan fingerprint density at radius 3 is 2.58 bits per heavy atom. The van der Waals surface area contributed by atoms with Crippen molar-refractivity contribution in [3.8, 4) is 0 Å². The molecule has 0 aliphatic carbocycles. The Labute approximate surface area is 153 Å². The van der Waals surface area contributed by atoms with Gasteiger partial charge in [-0.05, 0) is 29.8 Å². The third kappa shape index (κ3) is 4.80. The van der Waals surface area contributed by atoms with Crippen LogP contribution in [-0.4, -0.2) is 22.5 Å². The lowest BCUT2D eigenvalue weighted by molar-refractivity contribution is 0.101. The number of carbonyl (C=O) groups is 1. The smallest absolute Gasteiger partial charge is 0.206 e. The Hall–Kier alpha value is -1.89. The number of rotatable bonds is 7. The molecule has 0 saturated heterocycles. The molecule has 0 aliphatic heterocycles. The molecule has 1 heterocycles. The second-order valence-corrected chi connectivity index (χ2v) is 7.57. The van der Waals surface area contributed by atoms with E-state index in [1.807, 2.05) is 18.2 Å². The number of aromatic nitrogens is 2. The number of ketones is 1. The van der Waals surface area contributed by atoms with Crippen LogP contribution in [0.3, 0.4) is 0 Å². The van der Waals surface area contributed by atoms with Crippen LogP contribution in [0.4, 0.5) is 5.13 Å². The van der Waals surface area contributed by atoms with E-state index in [0.29, 0.717) is 15.7 Å². The van der Waals surface area contributed by atoms with Crippen LogP contribution < -0.4 is 5.32 Å². The SMILES string of the molecule is O=C(CNc1nnc(SCc2ccccc2)s1)c1ccc(Cl)cc1. The van der Waals surface area contributed by atoms with Gasteiger partial charge in [0.25, 0.3) is 0 Å². The molecule has 0 amide bonds. The molecule has 1 aromatic heterocycles. The minimum Gasteiger partial charge on any atom is -0.353 e. The third-order valence-electron chi connectivity index (χ3n) is 3.18. The Balaban J connectivity index is 1.50. The molecule has 24 heavy (non-hydrogen) atoms. The van der Waals surface area contributed by atoms with Gasteiger partial charge in [0.15, 0.2) is 10.1 Å². The van der Waals surface area contributed by atoms with Gasteiger partial charge in [0.1, 0.15) is 0 Å². The fourth-order valence-electron chi connectivity index (χ4n) is 1.95. The van der Waals surface area contributed by atoms with E-state index in [-0.39, 0.29) is 12.3 Å². The molecule has 7 heteroatoms. The maximum Gasteiger partial charge on any atom is 0.206 e. The minimum absolute atomic E-state index is 0.0136. The summed E-state index contributed by atoms with van der Waals surface area (Å²) in [6, 6.07) is 17.0. The molecule has 4 nitrogen and oxygen atoms in total. The second-order valence-electron chi connectivity index (χ2n) is 4.93. The lowest BCUT2D eigenvalue weighted by Crippen LogP contribution is -2.13. The first-order valence-corrected chi connectivity index (χ1v) is 9.41. The lowest BCUT2D eigenvalue weighted by Gasteiger charge is -2.02. The molecular formula is C17H14ClN3OS2. The highest BCUT2D eigenvalue weighted by Crippen LogP contribution is 2.28. The quantitative estimate of drug-likeness (QED) is 0.475. The summed E-state index contributed by atoms with van der Waals surface area (Å²) in [6.45, 7) is 0.180. The van der Waals surface area contributed by atoms with Crippen LogP contribution in [0.2, 0.25) is 5.02 Å². The van der Waals surface area contributed by atoms with Crippen LogP contribution in [-0.2, 0) is 5.75 Å². The molecule has 0 unspecified atom stereocenters. The van der Waals surface area contributed by atoms with E-state index in [0.717, 1.165) is 10.1 Å². The molecule has 0 spiro atoms. The number of Topliss-reactive ketones (excluding diaryl/α,β-unsaturated/α-hetero) is 1. The zero-order chi connectivity index (χ0) is 16.8. The number of benzene rings is 2. The summed E-state index contributed by atoms with van der Waals surface area (Å²) in [5.41, 5.74) is 1.86. The maximum absolute atomic E-state index is 12.1. The zero-order valence-corrected chi connectivity index (χ0v) is 15.0. The number of nitrogens with one attached hydrogen (secondary N) is 1. The fraction of sp³-hybridized carbons (Fsp3) is 0.118. The van der Waals surface area contributed by atoms with Crippen molar-refractivity contribution in [3.63, 3.8) is 0 Å². The van der Waals surface area contributed by atoms with Gasteiger partial charge in [0.05, 0.1) is 6.54 Å². The molecule has 0 radical (unpaired) electrons. The number of thioether (sulfide) groups is 1. The molecule has 0 aliphatic rings. The van der Waals surface area contributed by atoms with Gasteiger partial charge in [0.2, 0.25) is 5.13 Å². The van der Waals surface area contributed by atoms with E-state index in [9.17, 15) is 4.79 Å². The van der Waals surface area contributed by atoms with Crippen LogP contribution in [0.1, 0.15) is 15.9 Å².